The van der Waals surface area contributed by atoms with Crippen molar-refractivity contribution in [2.45, 2.75) is 32.4 Å². The first kappa shape index (κ1) is 17.2. The van der Waals surface area contributed by atoms with E-state index in [9.17, 15) is 14.4 Å². The molecular formula is C13H24N4O4. The van der Waals surface area contributed by atoms with Crippen LogP contribution in [0.25, 0.3) is 0 Å². The number of piperazine rings is 1. The number of urea groups is 1. The molecule has 0 saturated carbocycles. The second-order valence-electron chi connectivity index (χ2n) is 5.26. The quantitative estimate of drug-likeness (QED) is 0.603. The molecule has 0 bridgehead atoms. The zero-order valence-corrected chi connectivity index (χ0v) is 12.8. The summed E-state index contributed by atoms with van der Waals surface area (Å²) in [5.41, 5.74) is 0. The van der Waals surface area contributed by atoms with E-state index in [4.69, 9.17) is 5.11 Å². The number of carboxylic acid groups (broad SMARTS) is 1. The molecule has 8 heteroatoms. The Morgan fingerprint density at radius 2 is 2.24 bits per heavy atom. The summed E-state index contributed by atoms with van der Waals surface area (Å²) in [7, 11) is 1.97. The van der Waals surface area contributed by atoms with Gasteiger partial charge in [0.25, 0.3) is 0 Å². The first-order chi connectivity index (χ1) is 9.86. The third kappa shape index (κ3) is 4.89. The lowest BCUT2D eigenvalue weighted by Crippen LogP contribution is -2.61. The molecule has 1 rings (SSSR count). The topological polar surface area (TPSA) is 102 Å². The minimum Gasteiger partial charge on any atom is -0.480 e. The van der Waals surface area contributed by atoms with E-state index >= 15 is 0 Å². The highest BCUT2D eigenvalue weighted by atomic mass is 16.4. The summed E-state index contributed by atoms with van der Waals surface area (Å²) in [5.74, 6) is -1.47. The largest absolute Gasteiger partial charge is 0.480 e. The van der Waals surface area contributed by atoms with Crippen molar-refractivity contribution in [1.82, 2.24) is 20.4 Å². The molecule has 3 N–H and O–H groups in total. The number of nitrogens with one attached hydrogen (secondary N) is 2. The number of likely N-dealkylation sites (N-methyl/N-ethyl adjacent to an activating group) is 1. The number of aliphatic carboxylic acids is 1. The van der Waals surface area contributed by atoms with Crippen molar-refractivity contribution in [2.75, 3.05) is 33.2 Å². The van der Waals surface area contributed by atoms with Crippen LogP contribution in [0.2, 0.25) is 0 Å². The van der Waals surface area contributed by atoms with Gasteiger partial charge in [-0.2, -0.15) is 0 Å². The van der Waals surface area contributed by atoms with E-state index in [1.54, 1.807) is 0 Å². The Kier molecular flexibility index (Phi) is 6.41. The fourth-order valence-electron chi connectivity index (χ4n) is 2.05. The van der Waals surface area contributed by atoms with Crippen molar-refractivity contribution in [2.24, 2.45) is 0 Å². The molecule has 21 heavy (non-hydrogen) atoms. The third-order valence-electron chi connectivity index (χ3n) is 3.81. The molecule has 1 aliphatic rings. The second kappa shape index (κ2) is 7.82. The van der Waals surface area contributed by atoms with Gasteiger partial charge >= 0.3 is 12.0 Å². The van der Waals surface area contributed by atoms with Crippen LogP contribution in [0.15, 0.2) is 0 Å². The molecule has 1 heterocycles. The van der Waals surface area contributed by atoms with Gasteiger partial charge in [0, 0.05) is 25.7 Å². The maximum atomic E-state index is 12.0. The van der Waals surface area contributed by atoms with Crippen LogP contribution in [0, 0.1) is 0 Å². The molecule has 8 nitrogen and oxygen atoms in total. The lowest BCUT2D eigenvalue weighted by Gasteiger charge is -2.33. The summed E-state index contributed by atoms with van der Waals surface area (Å²) >= 11 is 0. The monoisotopic (exact) mass is 300 g/mol. The zero-order chi connectivity index (χ0) is 16.0. The second-order valence-corrected chi connectivity index (χ2v) is 5.26. The van der Waals surface area contributed by atoms with Gasteiger partial charge in [-0.15, -0.1) is 0 Å². The lowest BCUT2D eigenvalue weighted by molar-refractivity contribution is -0.144. The molecule has 0 spiro atoms. The number of amides is 3. The summed E-state index contributed by atoms with van der Waals surface area (Å²) in [6, 6.07) is -1.13. The number of hydrogen-bond donors (Lipinski definition) is 3. The molecule has 0 aromatic rings. The molecule has 0 aromatic carbocycles. The van der Waals surface area contributed by atoms with Crippen LogP contribution in [0.5, 0.6) is 0 Å². The van der Waals surface area contributed by atoms with Crippen LogP contribution >= 0.6 is 0 Å². The Morgan fingerprint density at radius 1 is 1.57 bits per heavy atom. The average molecular weight is 300 g/mol. The van der Waals surface area contributed by atoms with Crippen molar-refractivity contribution in [3.05, 3.63) is 0 Å². The van der Waals surface area contributed by atoms with Gasteiger partial charge in [0.15, 0.2) is 0 Å². The van der Waals surface area contributed by atoms with Gasteiger partial charge in [-0.3, -0.25) is 9.69 Å². The highest BCUT2D eigenvalue weighted by Gasteiger charge is 2.35. The van der Waals surface area contributed by atoms with Gasteiger partial charge in [-0.05, 0) is 20.4 Å². The molecule has 0 radical (unpaired) electrons. The molecule has 2 atom stereocenters. The van der Waals surface area contributed by atoms with Gasteiger partial charge in [0.1, 0.15) is 12.6 Å². The minimum absolute atomic E-state index is 0.0612. The van der Waals surface area contributed by atoms with Crippen LogP contribution < -0.4 is 10.6 Å². The lowest BCUT2D eigenvalue weighted by atomic mass is 10.2. The number of hydrogen-bond acceptors (Lipinski definition) is 4. The highest BCUT2D eigenvalue weighted by Crippen LogP contribution is 2.05. The van der Waals surface area contributed by atoms with Crippen molar-refractivity contribution >= 4 is 17.9 Å². The number of rotatable bonds is 6. The maximum absolute atomic E-state index is 12.0. The summed E-state index contributed by atoms with van der Waals surface area (Å²) in [4.78, 5) is 37.6. The summed E-state index contributed by atoms with van der Waals surface area (Å²) in [6.45, 7) is 4.96. The first-order valence-electron chi connectivity index (χ1n) is 7.11. The van der Waals surface area contributed by atoms with E-state index in [-0.39, 0.29) is 19.0 Å². The van der Waals surface area contributed by atoms with Crippen molar-refractivity contribution < 1.29 is 19.5 Å². The van der Waals surface area contributed by atoms with Crippen molar-refractivity contribution in [3.8, 4) is 0 Å². The fourth-order valence-corrected chi connectivity index (χ4v) is 2.05. The van der Waals surface area contributed by atoms with Gasteiger partial charge < -0.3 is 20.6 Å². The number of carboxylic acids is 1. The van der Waals surface area contributed by atoms with E-state index < -0.39 is 18.0 Å². The Bertz CT molecular complexity index is 402. The Hall–Kier alpha value is -1.83. The van der Waals surface area contributed by atoms with Crippen LogP contribution in [0.1, 0.15) is 20.3 Å². The van der Waals surface area contributed by atoms with E-state index in [2.05, 4.69) is 29.4 Å². The molecule has 1 saturated heterocycles. The summed E-state index contributed by atoms with van der Waals surface area (Å²) < 4.78 is 0. The van der Waals surface area contributed by atoms with Gasteiger partial charge in [-0.1, -0.05) is 6.92 Å². The van der Waals surface area contributed by atoms with E-state index in [1.165, 1.54) is 0 Å². The van der Waals surface area contributed by atoms with Gasteiger partial charge in [0.2, 0.25) is 5.91 Å². The standard InChI is InChI=1S/C13H24N4O4/c1-4-9(2)16(3)6-5-14-13(21)17-8-11(18)15-7-10(17)12(19)20/h9-10H,4-8H2,1-3H3,(H,14,21)(H,15,18)(H,19,20). The minimum atomic E-state index is -1.12. The number of nitrogens with zero attached hydrogens (tertiary/aromatic N) is 2. The normalized spacial score (nSPS) is 20.1. The predicted molar refractivity (Wildman–Crippen MR) is 76.9 cm³/mol. The molecule has 0 aromatic heterocycles. The van der Waals surface area contributed by atoms with Gasteiger partial charge in [-0.25, -0.2) is 9.59 Å². The van der Waals surface area contributed by atoms with Crippen LogP contribution in [0.3, 0.4) is 0 Å². The van der Waals surface area contributed by atoms with E-state index in [1.807, 2.05) is 7.05 Å². The summed E-state index contributed by atoms with van der Waals surface area (Å²) in [5, 5.41) is 14.2. The van der Waals surface area contributed by atoms with Crippen molar-refractivity contribution in [3.63, 3.8) is 0 Å². The smallest absolute Gasteiger partial charge is 0.328 e. The molecular weight excluding hydrogens is 276 g/mol. The zero-order valence-electron chi connectivity index (χ0n) is 12.8. The molecule has 3 amide bonds. The first-order valence-corrected chi connectivity index (χ1v) is 7.11. The Morgan fingerprint density at radius 3 is 2.81 bits per heavy atom. The highest BCUT2D eigenvalue weighted by molar-refractivity contribution is 5.90. The molecule has 0 aliphatic carbocycles. The van der Waals surface area contributed by atoms with Gasteiger partial charge in [0.05, 0.1) is 0 Å². The third-order valence-corrected chi connectivity index (χ3v) is 3.81. The average Bonchev–Trinajstić information content (AvgIpc) is 2.45. The summed E-state index contributed by atoms with van der Waals surface area (Å²) in [6.07, 6.45) is 1.01. The maximum Gasteiger partial charge on any atom is 0.328 e. The number of carbonyl (C=O) groups is 3. The predicted octanol–water partition coefficient (Wildman–Crippen LogP) is -0.689. The van der Waals surface area contributed by atoms with Crippen LogP contribution in [0.4, 0.5) is 4.79 Å². The number of carbonyl (C=O) groups excluding carboxylic acids is 2. The Balaban J connectivity index is 2.48. The fraction of sp³-hybridized carbons (Fsp3) is 0.769. The van der Waals surface area contributed by atoms with E-state index in [0.29, 0.717) is 19.1 Å². The molecule has 1 aliphatic heterocycles. The SMILES string of the molecule is CCC(C)N(C)CCNC(=O)N1CC(=O)NCC1C(=O)O. The molecule has 120 valence electrons. The Labute approximate surface area is 124 Å². The van der Waals surface area contributed by atoms with Crippen molar-refractivity contribution in [1.29, 1.82) is 0 Å². The molecule has 1 fully saturated rings. The molecule has 2 unspecified atom stereocenters. The van der Waals surface area contributed by atoms with Crippen LogP contribution in [-0.4, -0.2) is 78.1 Å². The van der Waals surface area contributed by atoms with E-state index in [0.717, 1.165) is 11.3 Å². The van der Waals surface area contributed by atoms with Crippen LogP contribution in [-0.2, 0) is 9.59 Å².